The molecule has 132 valence electrons. The molecule has 3 aromatic rings. The standard InChI is InChI=1S/C21H20ClN3O/c22-19-6-3-16(12-24-19)25-20-18-5-4-17(11-14(18)7-10-23-20)26-13-21(8-9-21)15-1-2-15/h3-7,10-12,15H,1-2,8-9,13H2,(H,23,25). The zero-order chi connectivity index (χ0) is 17.6. The maximum absolute atomic E-state index is 6.15. The van der Waals surface area contributed by atoms with Gasteiger partial charge in [-0.2, -0.15) is 0 Å². The fourth-order valence-corrected chi connectivity index (χ4v) is 3.80. The number of benzene rings is 1. The van der Waals surface area contributed by atoms with Crippen LogP contribution in [-0.4, -0.2) is 16.6 Å². The molecule has 4 nitrogen and oxygen atoms in total. The molecule has 2 aliphatic carbocycles. The van der Waals surface area contributed by atoms with Gasteiger partial charge in [-0.15, -0.1) is 0 Å². The summed E-state index contributed by atoms with van der Waals surface area (Å²) in [5.74, 6) is 2.65. The number of nitrogens with zero attached hydrogens (tertiary/aromatic N) is 2. The van der Waals surface area contributed by atoms with Gasteiger partial charge in [0.1, 0.15) is 16.7 Å². The Balaban J connectivity index is 1.36. The van der Waals surface area contributed by atoms with Gasteiger partial charge >= 0.3 is 0 Å². The van der Waals surface area contributed by atoms with E-state index >= 15 is 0 Å². The summed E-state index contributed by atoms with van der Waals surface area (Å²) in [6.45, 7) is 0.857. The molecule has 5 rings (SSSR count). The minimum absolute atomic E-state index is 0.475. The van der Waals surface area contributed by atoms with Gasteiger partial charge in [-0.05, 0) is 73.4 Å². The molecule has 0 saturated heterocycles. The number of hydrogen-bond acceptors (Lipinski definition) is 4. The van der Waals surface area contributed by atoms with E-state index in [0.717, 1.165) is 40.6 Å². The number of nitrogens with one attached hydrogen (secondary N) is 1. The Labute approximate surface area is 157 Å². The van der Waals surface area contributed by atoms with Gasteiger partial charge in [-0.25, -0.2) is 9.97 Å². The molecule has 5 heteroatoms. The van der Waals surface area contributed by atoms with Gasteiger partial charge in [0.25, 0.3) is 0 Å². The molecule has 0 aliphatic heterocycles. The predicted molar refractivity (Wildman–Crippen MR) is 104 cm³/mol. The fraction of sp³-hybridized carbons (Fsp3) is 0.333. The minimum atomic E-state index is 0.475. The number of halogens is 1. The lowest BCUT2D eigenvalue weighted by atomic mass is 10.0. The van der Waals surface area contributed by atoms with Gasteiger partial charge < -0.3 is 10.1 Å². The van der Waals surface area contributed by atoms with Crippen LogP contribution in [0.1, 0.15) is 25.7 Å². The van der Waals surface area contributed by atoms with Crippen LogP contribution in [0.25, 0.3) is 10.8 Å². The second-order valence-electron chi connectivity index (χ2n) is 7.46. The van der Waals surface area contributed by atoms with Crippen LogP contribution in [0.4, 0.5) is 11.5 Å². The van der Waals surface area contributed by atoms with E-state index in [1.54, 1.807) is 12.3 Å². The van der Waals surface area contributed by atoms with Crippen molar-refractivity contribution < 1.29 is 4.74 Å². The van der Waals surface area contributed by atoms with Crippen molar-refractivity contribution in [1.82, 2.24) is 9.97 Å². The number of anilines is 2. The van der Waals surface area contributed by atoms with Crippen molar-refractivity contribution >= 4 is 33.9 Å². The molecule has 0 atom stereocenters. The molecule has 26 heavy (non-hydrogen) atoms. The highest BCUT2D eigenvalue weighted by atomic mass is 35.5. The molecular formula is C21H20ClN3O. The molecule has 2 aliphatic rings. The Morgan fingerprint density at radius 1 is 1.12 bits per heavy atom. The van der Waals surface area contributed by atoms with Crippen molar-refractivity contribution in [3.63, 3.8) is 0 Å². The SMILES string of the molecule is Clc1ccc(Nc2nccc3cc(OCC4(C5CC5)CC4)ccc23)cn1. The van der Waals surface area contributed by atoms with Crippen molar-refractivity contribution in [2.24, 2.45) is 11.3 Å². The van der Waals surface area contributed by atoms with Crippen molar-refractivity contribution in [2.75, 3.05) is 11.9 Å². The first-order valence-corrected chi connectivity index (χ1v) is 9.50. The number of fused-ring (bicyclic) bond motifs is 1. The normalized spacial score (nSPS) is 17.9. The number of ether oxygens (including phenoxy) is 1. The molecule has 0 unspecified atom stereocenters. The van der Waals surface area contributed by atoms with E-state index in [0.29, 0.717) is 10.6 Å². The maximum atomic E-state index is 6.15. The highest BCUT2D eigenvalue weighted by Crippen LogP contribution is 2.61. The zero-order valence-electron chi connectivity index (χ0n) is 14.4. The summed E-state index contributed by atoms with van der Waals surface area (Å²) in [6.07, 6.45) is 8.96. The van der Waals surface area contributed by atoms with E-state index < -0.39 is 0 Å². The number of pyridine rings is 2. The summed E-state index contributed by atoms with van der Waals surface area (Å²) >= 11 is 5.85. The van der Waals surface area contributed by atoms with Crippen molar-refractivity contribution in [1.29, 1.82) is 0 Å². The van der Waals surface area contributed by atoms with Gasteiger partial charge in [0.05, 0.1) is 18.5 Å². The quantitative estimate of drug-likeness (QED) is 0.578. The summed E-state index contributed by atoms with van der Waals surface area (Å²) in [5.41, 5.74) is 1.34. The van der Waals surface area contributed by atoms with Crippen molar-refractivity contribution in [2.45, 2.75) is 25.7 Å². The number of hydrogen-bond donors (Lipinski definition) is 1. The maximum Gasteiger partial charge on any atom is 0.138 e. The summed E-state index contributed by atoms with van der Waals surface area (Å²) in [4.78, 5) is 8.57. The molecule has 0 spiro atoms. The molecule has 2 saturated carbocycles. The second kappa shape index (κ2) is 6.13. The smallest absolute Gasteiger partial charge is 0.138 e. The molecule has 2 heterocycles. The monoisotopic (exact) mass is 365 g/mol. The fourth-order valence-electron chi connectivity index (χ4n) is 3.69. The Bertz CT molecular complexity index is 949. The van der Waals surface area contributed by atoms with Crippen LogP contribution < -0.4 is 10.1 Å². The molecule has 2 fully saturated rings. The topological polar surface area (TPSA) is 47.0 Å². The van der Waals surface area contributed by atoms with Gasteiger partial charge in [0.2, 0.25) is 0 Å². The molecule has 0 bridgehead atoms. The summed E-state index contributed by atoms with van der Waals surface area (Å²) in [6, 6.07) is 11.9. The van der Waals surface area contributed by atoms with E-state index in [1.165, 1.54) is 25.7 Å². The van der Waals surface area contributed by atoms with Crippen LogP contribution in [0.2, 0.25) is 5.15 Å². The van der Waals surface area contributed by atoms with Crippen molar-refractivity contribution in [3.05, 3.63) is 53.9 Å². The summed E-state index contributed by atoms with van der Waals surface area (Å²) < 4.78 is 6.15. The first-order valence-electron chi connectivity index (χ1n) is 9.12. The lowest BCUT2D eigenvalue weighted by Gasteiger charge is -2.16. The third-order valence-corrected chi connectivity index (χ3v) is 5.81. The van der Waals surface area contributed by atoms with Crippen molar-refractivity contribution in [3.8, 4) is 5.75 Å². The van der Waals surface area contributed by atoms with Crippen LogP contribution in [0, 0.1) is 11.3 Å². The largest absolute Gasteiger partial charge is 0.493 e. The zero-order valence-corrected chi connectivity index (χ0v) is 15.2. The molecule has 1 N–H and O–H groups in total. The number of rotatable bonds is 6. The van der Waals surface area contributed by atoms with E-state index in [-0.39, 0.29) is 0 Å². The molecule has 1 aromatic carbocycles. The lowest BCUT2D eigenvalue weighted by molar-refractivity contribution is 0.215. The van der Waals surface area contributed by atoms with Crippen LogP contribution in [0.5, 0.6) is 5.75 Å². The lowest BCUT2D eigenvalue weighted by Crippen LogP contribution is -2.15. The Morgan fingerprint density at radius 3 is 2.73 bits per heavy atom. The highest BCUT2D eigenvalue weighted by molar-refractivity contribution is 6.29. The predicted octanol–water partition coefficient (Wildman–Crippen LogP) is 5.60. The van der Waals surface area contributed by atoms with Crippen LogP contribution >= 0.6 is 11.6 Å². The summed E-state index contributed by atoms with van der Waals surface area (Å²) in [5, 5.41) is 5.95. The number of aromatic nitrogens is 2. The van der Waals surface area contributed by atoms with E-state index in [9.17, 15) is 0 Å². The third-order valence-electron chi connectivity index (χ3n) is 5.59. The molecule has 2 aromatic heterocycles. The first kappa shape index (κ1) is 15.9. The second-order valence-corrected chi connectivity index (χ2v) is 7.85. The molecule has 0 radical (unpaired) electrons. The minimum Gasteiger partial charge on any atom is -0.493 e. The Morgan fingerprint density at radius 2 is 2.00 bits per heavy atom. The summed E-state index contributed by atoms with van der Waals surface area (Å²) in [7, 11) is 0. The van der Waals surface area contributed by atoms with Gasteiger partial charge in [-0.1, -0.05) is 11.6 Å². The van der Waals surface area contributed by atoms with Crippen LogP contribution in [0.3, 0.4) is 0 Å². The van der Waals surface area contributed by atoms with E-state index in [4.69, 9.17) is 16.3 Å². The van der Waals surface area contributed by atoms with E-state index in [1.807, 2.05) is 24.4 Å². The van der Waals surface area contributed by atoms with Gasteiger partial charge in [0, 0.05) is 17.0 Å². The average Bonchev–Trinajstić information content (AvgIpc) is 3.55. The van der Waals surface area contributed by atoms with Gasteiger partial charge in [0.15, 0.2) is 0 Å². The van der Waals surface area contributed by atoms with E-state index in [2.05, 4.69) is 27.4 Å². The average molecular weight is 366 g/mol. The third kappa shape index (κ3) is 3.10. The Hall–Kier alpha value is -2.33. The first-order chi connectivity index (χ1) is 12.7. The van der Waals surface area contributed by atoms with Crippen LogP contribution in [0.15, 0.2) is 48.8 Å². The van der Waals surface area contributed by atoms with Gasteiger partial charge in [-0.3, -0.25) is 0 Å². The van der Waals surface area contributed by atoms with Crippen LogP contribution in [-0.2, 0) is 0 Å². The Kier molecular flexibility index (Phi) is 3.75. The molecular weight excluding hydrogens is 346 g/mol. The molecule has 0 amide bonds. The highest BCUT2D eigenvalue weighted by Gasteiger charge is 2.54.